The SMILES string of the molecule is Cc1ccc(OCc2nc(-c3cccnc3OCC(F)F)no2)cc1C. The van der Waals surface area contributed by atoms with Gasteiger partial charge >= 0.3 is 0 Å². The fraction of sp³-hybridized carbons (Fsp3) is 0.278. The Hall–Kier alpha value is -3.03. The van der Waals surface area contributed by atoms with Gasteiger partial charge in [0.2, 0.25) is 11.7 Å². The monoisotopic (exact) mass is 361 g/mol. The average molecular weight is 361 g/mol. The lowest BCUT2D eigenvalue weighted by Crippen LogP contribution is -2.08. The maximum absolute atomic E-state index is 12.4. The highest BCUT2D eigenvalue weighted by atomic mass is 19.3. The van der Waals surface area contributed by atoms with Gasteiger partial charge in [-0.05, 0) is 49.2 Å². The molecule has 0 N–H and O–H groups in total. The van der Waals surface area contributed by atoms with E-state index in [1.165, 1.54) is 11.8 Å². The molecule has 0 amide bonds. The van der Waals surface area contributed by atoms with E-state index in [9.17, 15) is 8.78 Å². The summed E-state index contributed by atoms with van der Waals surface area (Å²) < 4.78 is 40.5. The molecule has 0 spiro atoms. The molecule has 8 heteroatoms. The van der Waals surface area contributed by atoms with Crippen molar-refractivity contribution in [2.45, 2.75) is 26.9 Å². The zero-order chi connectivity index (χ0) is 18.5. The molecular formula is C18H17F2N3O3. The van der Waals surface area contributed by atoms with Crippen LogP contribution in [0.2, 0.25) is 0 Å². The molecule has 0 fully saturated rings. The molecule has 0 atom stereocenters. The van der Waals surface area contributed by atoms with Gasteiger partial charge in [0.1, 0.15) is 5.75 Å². The Labute approximate surface area is 148 Å². The van der Waals surface area contributed by atoms with E-state index in [0.717, 1.165) is 5.56 Å². The minimum absolute atomic E-state index is 0.0234. The van der Waals surface area contributed by atoms with E-state index in [1.54, 1.807) is 12.1 Å². The van der Waals surface area contributed by atoms with E-state index in [0.29, 0.717) is 11.3 Å². The van der Waals surface area contributed by atoms with Crippen LogP contribution in [0.3, 0.4) is 0 Å². The first-order valence-corrected chi connectivity index (χ1v) is 7.92. The predicted molar refractivity (Wildman–Crippen MR) is 89.3 cm³/mol. The molecule has 26 heavy (non-hydrogen) atoms. The Kier molecular flexibility index (Phi) is 5.40. The van der Waals surface area contributed by atoms with Crippen LogP contribution < -0.4 is 9.47 Å². The number of benzene rings is 1. The van der Waals surface area contributed by atoms with Gasteiger partial charge < -0.3 is 14.0 Å². The second kappa shape index (κ2) is 7.90. The summed E-state index contributed by atoms with van der Waals surface area (Å²) in [5.74, 6) is 1.16. The minimum atomic E-state index is -2.60. The van der Waals surface area contributed by atoms with Crippen LogP contribution in [0.1, 0.15) is 17.0 Å². The number of pyridine rings is 1. The van der Waals surface area contributed by atoms with E-state index in [4.69, 9.17) is 14.0 Å². The summed E-state index contributed by atoms with van der Waals surface area (Å²) in [6.45, 7) is 3.34. The molecule has 3 aromatic rings. The van der Waals surface area contributed by atoms with Crippen LogP contribution in [0.25, 0.3) is 11.4 Å². The zero-order valence-electron chi connectivity index (χ0n) is 14.3. The van der Waals surface area contributed by atoms with Gasteiger partial charge in [-0.2, -0.15) is 4.98 Å². The third-order valence-corrected chi connectivity index (χ3v) is 3.67. The first kappa shape index (κ1) is 17.8. The molecule has 0 aliphatic rings. The molecule has 6 nitrogen and oxygen atoms in total. The summed E-state index contributed by atoms with van der Waals surface area (Å²) in [4.78, 5) is 8.15. The summed E-state index contributed by atoms with van der Waals surface area (Å²) in [7, 11) is 0. The summed E-state index contributed by atoms with van der Waals surface area (Å²) in [6, 6.07) is 8.99. The van der Waals surface area contributed by atoms with Gasteiger partial charge in [-0.25, -0.2) is 13.8 Å². The van der Waals surface area contributed by atoms with Crippen molar-refractivity contribution >= 4 is 0 Å². The summed E-state index contributed by atoms with van der Waals surface area (Å²) >= 11 is 0. The van der Waals surface area contributed by atoms with Crippen LogP contribution in [0, 0.1) is 13.8 Å². The number of nitrogens with zero attached hydrogens (tertiary/aromatic N) is 3. The molecular weight excluding hydrogens is 344 g/mol. The van der Waals surface area contributed by atoms with Crippen molar-refractivity contribution in [2.75, 3.05) is 6.61 Å². The topological polar surface area (TPSA) is 70.3 Å². The van der Waals surface area contributed by atoms with E-state index < -0.39 is 13.0 Å². The number of alkyl halides is 2. The third kappa shape index (κ3) is 4.33. The van der Waals surface area contributed by atoms with Crippen LogP contribution in [0.4, 0.5) is 8.78 Å². The lowest BCUT2D eigenvalue weighted by Gasteiger charge is -2.07. The molecule has 0 radical (unpaired) electrons. The Balaban J connectivity index is 1.70. The largest absolute Gasteiger partial charge is 0.484 e. The van der Waals surface area contributed by atoms with Crippen molar-refractivity contribution in [1.29, 1.82) is 0 Å². The van der Waals surface area contributed by atoms with Crippen LogP contribution in [0.15, 0.2) is 41.1 Å². The molecule has 0 saturated carbocycles. The maximum Gasteiger partial charge on any atom is 0.272 e. The van der Waals surface area contributed by atoms with Crippen LogP contribution in [-0.2, 0) is 6.61 Å². The second-order valence-corrected chi connectivity index (χ2v) is 5.60. The maximum atomic E-state index is 12.4. The summed E-state index contributed by atoms with van der Waals surface area (Å²) in [6.07, 6.45) is -1.16. The number of halogens is 2. The van der Waals surface area contributed by atoms with Crippen molar-refractivity contribution in [3.05, 3.63) is 53.5 Å². The Morgan fingerprint density at radius 3 is 2.73 bits per heavy atom. The smallest absolute Gasteiger partial charge is 0.272 e. The second-order valence-electron chi connectivity index (χ2n) is 5.60. The molecule has 1 aromatic carbocycles. The van der Waals surface area contributed by atoms with Crippen LogP contribution >= 0.6 is 0 Å². The zero-order valence-corrected chi connectivity index (χ0v) is 14.3. The van der Waals surface area contributed by atoms with Crippen molar-refractivity contribution in [1.82, 2.24) is 15.1 Å². The molecule has 2 heterocycles. The Morgan fingerprint density at radius 1 is 1.12 bits per heavy atom. The third-order valence-electron chi connectivity index (χ3n) is 3.67. The number of aromatic nitrogens is 3. The van der Waals surface area contributed by atoms with E-state index in [1.807, 2.05) is 32.0 Å². The molecule has 2 aromatic heterocycles. The lowest BCUT2D eigenvalue weighted by molar-refractivity contribution is 0.0799. The van der Waals surface area contributed by atoms with E-state index >= 15 is 0 Å². The molecule has 0 bridgehead atoms. The average Bonchev–Trinajstić information content (AvgIpc) is 3.10. The van der Waals surface area contributed by atoms with Crippen molar-refractivity contribution in [3.8, 4) is 23.0 Å². The Morgan fingerprint density at radius 2 is 1.96 bits per heavy atom. The predicted octanol–water partition coefficient (Wildman–Crippen LogP) is 3.97. The molecule has 0 saturated heterocycles. The number of hydrogen-bond donors (Lipinski definition) is 0. The fourth-order valence-corrected chi connectivity index (χ4v) is 2.19. The molecule has 3 rings (SSSR count). The molecule has 0 unspecified atom stereocenters. The van der Waals surface area contributed by atoms with Gasteiger partial charge in [0.15, 0.2) is 13.2 Å². The highest BCUT2D eigenvalue weighted by molar-refractivity contribution is 5.60. The van der Waals surface area contributed by atoms with Crippen molar-refractivity contribution in [2.24, 2.45) is 0 Å². The van der Waals surface area contributed by atoms with Gasteiger partial charge in [-0.3, -0.25) is 0 Å². The van der Waals surface area contributed by atoms with Gasteiger partial charge in [-0.1, -0.05) is 11.2 Å². The molecule has 0 aliphatic heterocycles. The summed E-state index contributed by atoms with van der Waals surface area (Å²) in [5.41, 5.74) is 2.66. The standard InChI is InChI=1S/C18H17F2N3O3/c1-11-5-6-13(8-12(11)2)24-10-16-22-17(23-26-16)14-4-3-7-21-18(14)25-9-15(19)20/h3-8,15H,9-10H2,1-2H3. The number of rotatable bonds is 7. The van der Waals surface area contributed by atoms with Gasteiger partial charge in [0.25, 0.3) is 12.3 Å². The lowest BCUT2D eigenvalue weighted by atomic mass is 10.1. The van der Waals surface area contributed by atoms with Gasteiger partial charge in [-0.15, -0.1) is 0 Å². The highest BCUT2D eigenvalue weighted by Gasteiger charge is 2.16. The van der Waals surface area contributed by atoms with Gasteiger partial charge in [0.05, 0.1) is 5.56 Å². The first-order valence-electron chi connectivity index (χ1n) is 7.92. The van der Waals surface area contributed by atoms with E-state index in [-0.39, 0.29) is 24.2 Å². The van der Waals surface area contributed by atoms with E-state index in [2.05, 4.69) is 15.1 Å². The van der Waals surface area contributed by atoms with Crippen molar-refractivity contribution in [3.63, 3.8) is 0 Å². The normalized spacial score (nSPS) is 11.0. The summed E-state index contributed by atoms with van der Waals surface area (Å²) in [5, 5.41) is 3.84. The number of hydrogen-bond acceptors (Lipinski definition) is 6. The molecule has 0 aliphatic carbocycles. The highest BCUT2D eigenvalue weighted by Crippen LogP contribution is 2.26. The number of ether oxygens (including phenoxy) is 2. The van der Waals surface area contributed by atoms with Gasteiger partial charge in [0, 0.05) is 6.20 Å². The minimum Gasteiger partial charge on any atom is -0.484 e. The van der Waals surface area contributed by atoms with Crippen LogP contribution in [-0.4, -0.2) is 28.2 Å². The fourth-order valence-electron chi connectivity index (χ4n) is 2.19. The van der Waals surface area contributed by atoms with Crippen LogP contribution in [0.5, 0.6) is 11.6 Å². The first-order chi connectivity index (χ1) is 12.5. The van der Waals surface area contributed by atoms with Crippen molar-refractivity contribution < 1.29 is 22.8 Å². The quantitative estimate of drug-likeness (QED) is 0.634. The Bertz CT molecular complexity index is 884. The molecule has 136 valence electrons. The number of aryl methyl sites for hydroxylation is 2.